The standard InChI is InChI=1S/C19H18ClN5O/c20-14-8-10-15(11-9-14)25-12-4-7-16(25)18(26)22-19-21-17(23-24-19)13-5-2-1-3-6-13/h1-3,5-6,8-11,16H,4,7,12H2,(H2,21,22,23,24,26)/t16-/m0/s1. The monoisotopic (exact) mass is 367 g/mol. The van der Waals surface area contributed by atoms with E-state index in [0.29, 0.717) is 10.8 Å². The number of rotatable bonds is 4. The third-order valence-corrected chi connectivity index (χ3v) is 4.73. The van der Waals surface area contributed by atoms with Crippen LogP contribution in [0.5, 0.6) is 0 Å². The van der Waals surface area contributed by atoms with Crippen molar-refractivity contribution < 1.29 is 4.79 Å². The minimum atomic E-state index is -0.241. The zero-order valence-corrected chi connectivity index (χ0v) is 14.8. The molecule has 3 aromatic rings. The van der Waals surface area contributed by atoms with Gasteiger partial charge in [0.05, 0.1) is 0 Å². The van der Waals surface area contributed by atoms with Gasteiger partial charge in [0.25, 0.3) is 0 Å². The molecule has 6 nitrogen and oxygen atoms in total. The van der Waals surface area contributed by atoms with E-state index in [1.165, 1.54) is 0 Å². The van der Waals surface area contributed by atoms with Crippen LogP contribution in [0.25, 0.3) is 11.4 Å². The van der Waals surface area contributed by atoms with E-state index >= 15 is 0 Å². The topological polar surface area (TPSA) is 73.9 Å². The molecule has 2 N–H and O–H groups in total. The van der Waals surface area contributed by atoms with Crippen LogP contribution in [-0.4, -0.2) is 33.7 Å². The van der Waals surface area contributed by atoms with Crippen LogP contribution < -0.4 is 10.2 Å². The molecule has 2 heterocycles. The molecule has 26 heavy (non-hydrogen) atoms. The van der Waals surface area contributed by atoms with Gasteiger partial charge < -0.3 is 4.90 Å². The second-order valence-electron chi connectivity index (χ2n) is 6.19. The number of carbonyl (C=O) groups excluding carboxylic acids is 1. The summed E-state index contributed by atoms with van der Waals surface area (Å²) in [5, 5.41) is 10.5. The molecule has 1 aliphatic heterocycles. The lowest BCUT2D eigenvalue weighted by atomic mass is 10.2. The number of anilines is 2. The molecule has 0 spiro atoms. The van der Waals surface area contributed by atoms with E-state index in [4.69, 9.17) is 11.6 Å². The summed E-state index contributed by atoms with van der Waals surface area (Å²) in [6.07, 6.45) is 1.76. The van der Waals surface area contributed by atoms with Crippen LogP contribution in [0.3, 0.4) is 0 Å². The number of aromatic nitrogens is 3. The Morgan fingerprint density at radius 3 is 2.69 bits per heavy atom. The number of hydrogen-bond donors (Lipinski definition) is 2. The van der Waals surface area contributed by atoms with Gasteiger partial charge in [-0.15, -0.1) is 5.10 Å². The largest absolute Gasteiger partial charge is 0.360 e. The van der Waals surface area contributed by atoms with Crippen molar-refractivity contribution in [2.45, 2.75) is 18.9 Å². The van der Waals surface area contributed by atoms with E-state index in [0.717, 1.165) is 30.6 Å². The Kier molecular flexibility index (Phi) is 4.58. The van der Waals surface area contributed by atoms with Crippen LogP contribution in [0.4, 0.5) is 11.6 Å². The van der Waals surface area contributed by atoms with Gasteiger partial charge in [0, 0.05) is 22.8 Å². The summed E-state index contributed by atoms with van der Waals surface area (Å²) in [5.41, 5.74) is 1.91. The lowest BCUT2D eigenvalue weighted by Gasteiger charge is -2.25. The highest BCUT2D eigenvalue weighted by Gasteiger charge is 2.31. The molecule has 0 unspecified atom stereocenters. The molecule has 0 aliphatic carbocycles. The average molecular weight is 368 g/mol. The molecule has 1 aromatic heterocycles. The van der Waals surface area contributed by atoms with Crippen LogP contribution in [-0.2, 0) is 4.79 Å². The summed E-state index contributed by atoms with van der Waals surface area (Å²) >= 11 is 5.96. The number of hydrogen-bond acceptors (Lipinski definition) is 4. The minimum Gasteiger partial charge on any atom is -0.360 e. The van der Waals surface area contributed by atoms with E-state index in [9.17, 15) is 4.79 Å². The Balaban J connectivity index is 1.47. The normalized spacial score (nSPS) is 16.7. The fourth-order valence-corrected chi connectivity index (χ4v) is 3.34. The van der Waals surface area contributed by atoms with Gasteiger partial charge in [-0.3, -0.25) is 15.2 Å². The SMILES string of the molecule is O=C(Nc1n[nH]c(-c2ccccc2)n1)[C@@H]1CCCN1c1ccc(Cl)cc1. The average Bonchev–Trinajstić information content (AvgIpc) is 3.33. The first-order valence-electron chi connectivity index (χ1n) is 8.51. The molecule has 1 saturated heterocycles. The fraction of sp³-hybridized carbons (Fsp3) is 0.211. The van der Waals surface area contributed by atoms with Gasteiger partial charge in [-0.25, -0.2) is 0 Å². The molecular weight excluding hydrogens is 350 g/mol. The van der Waals surface area contributed by atoms with Crippen molar-refractivity contribution in [2.75, 3.05) is 16.8 Å². The molecule has 7 heteroatoms. The first kappa shape index (κ1) is 16.6. The summed E-state index contributed by atoms with van der Waals surface area (Å²) in [5.74, 6) is 0.815. The number of halogens is 1. The van der Waals surface area contributed by atoms with Crippen LogP contribution >= 0.6 is 11.6 Å². The highest BCUT2D eigenvalue weighted by molar-refractivity contribution is 6.30. The molecule has 1 amide bonds. The van der Waals surface area contributed by atoms with Crippen molar-refractivity contribution in [2.24, 2.45) is 0 Å². The Bertz CT molecular complexity index is 894. The Morgan fingerprint density at radius 2 is 1.92 bits per heavy atom. The van der Waals surface area contributed by atoms with Crippen LogP contribution in [0.15, 0.2) is 54.6 Å². The van der Waals surface area contributed by atoms with Gasteiger partial charge in [-0.05, 0) is 37.1 Å². The van der Waals surface area contributed by atoms with E-state index in [2.05, 4.69) is 25.4 Å². The van der Waals surface area contributed by atoms with Gasteiger partial charge >= 0.3 is 0 Å². The first-order valence-corrected chi connectivity index (χ1v) is 8.89. The summed E-state index contributed by atoms with van der Waals surface area (Å²) in [6.45, 7) is 0.836. The second-order valence-corrected chi connectivity index (χ2v) is 6.63. The van der Waals surface area contributed by atoms with Crippen LogP contribution in [0, 0.1) is 0 Å². The number of carbonyl (C=O) groups is 1. The third-order valence-electron chi connectivity index (χ3n) is 4.48. The van der Waals surface area contributed by atoms with Crippen molar-refractivity contribution in [1.29, 1.82) is 0 Å². The van der Waals surface area contributed by atoms with Gasteiger partial charge in [-0.1, -0.05) is 41.9 Å². The van der Waals surface area contributed by atoms with E-state index < -0.39 is 0 Å². The Hall–Kier alpha value is -2.86. The number of benzene rings is 2. The lowest BCUT2D eigenvalue weighted by molar-refractivity contribution is -0.117. The Morgan fingerprint density at radius 1 is 1.15 bits per heavy atom. The maximum atomic E-state index is 12.7. The van der Waals surface area contributed by atoms with Gasteiger partial charge in [-0.2, -0.15) is 4.98 Å². The molecule has 1 atom stereocenters. The molecule has 2 aromatic carbocycles. The van der Waals surface area contributed by atoms with E-state index in [1.54, 1.807) is 0 Å². The zero-order chi connectivity index (χ0) is 17.9. The highest BCUT2D eigenvalue weighted by Crippen LogP contribution is 2.27. The number of aromatic amines is 1. The number of nitrogens with one attached hydrogen (secondary N) is 2. The predicted molar refractivity (Wildman–Crippen MR) is 102 cm³/mol. The summed E-state index contributed by atoms with van der Waals surface area (Å²) in [4.78, 5) is 19.2. The number of H-pyrrole nitrogens is 1. The van der Waals surface area contributed by atoms with Crippen molar-refractivity contribution >= 4 is 29.1 Å². The van der Waals surface area contributed by atoms with Crippen molar-refractivity contribution in [3.8, 4) is 11.4 Å². The van der Waals surface area contributed by atoms with E-state index in [-0.39, 0.29) is 17.9 Å². The molecule has 132 valence electrons. The first-order chi connectivity index (χ1) is 12.7. The lowest BCUT2D eigenvalue weighted by Crippen LogP contribution is -2.39. The number of nitrogens with zero attached hydrogens (tertiary/aromatic N) is 3. The minimum absolute atomic E-state index is 0.101. The maximum Gasteiger partial charge on any atom is 0.249 e. The Labute approximate surface area is 156 Å². The van der Waals surface area contributed by atoms with Gasteiger partial charge in [0.1, 0.15) is 6.04 Å². The quantitative estimate of drug-likeness (QED) is 0.736. The molecule has 1 aliphatic rings. The second kappa shape index (κ2) is 7.17. The van der Waals surface area contributed by atoms with Crippen LogP contribution in [0.2, 0.25) is 5.02 Å². The zero-order valence-electron chi connectivity index (χ0n) is 14.0. The van der Waals surface area contributed by atoms with Crippen LogP contribution in [0.1, 0.15) is 12.8 Å². The summed E-state index contributed by atoms with van der Waals surface area (Å²) in [7, 11) is 0. The van der Waals surface area contributed by atoms with Crippen molar-refractivity contribution in [1.82, 2.24) is 15.2 Å². The molecule has 1 fully saturated rings. The molecule has 0 bridgehead atoms. The van der Waals surface area contributed by atoms with Crippen molar-refractivity contribution in [3.63, 3.8) is 0 Å². The maximum absolute atomic E-state index is 12.7. The molecule has 4 rings (SSSR count). The third kappa shape index (κ3) is 3.41. The smallest absolute Gasteiger partial charge is 0.249 e. The summed E-state index contributed by atoms with van der Waals surface area (Å²) < 4.78 is 0. The number of amides is 1. The summed E-state index contributed by atoms with van der Waals surface area (Å²) in [6, 6.07) is 17.0. The molecule has 0 saturated carbocycles. The predicted octanol–water partition coefficient (Wildman–Crippen LogP) is 3.73. The van der Waals surface area contributed by atoms with E-state index in [1.807, 2.05) is 54.6 Å². The highest BCUT2D eigenvalue weighted by atomic mass is 35.5. The fourth-order valence-electron chi connectivity index (χ4n) is 3.22. The van der Waals surface area contributed by atoms with Gasteiger partial charge in [0.2, 0.25) is 11.9 Å². The molecular formula is C19H18ClN5O. The molecule has 0 radical (unpaired) electrons. The van der Waals surface area contributed by atoms with Crippen molar-refractivity contribution in [3.05, 3.63) is 59.6 Å². The van der Waals surface area contributed by atoms with Gasteiger partial charge in [0.15, 0.2) is 5.82 Å².